The van der Waals surface area contributed by atoms with Gasteiger partial charge >= 0.3 is 0 Å². The van der Waals surface area contributed by atoms with Gasteiger partial charge in [0.25, 0.3) is 0 Å². The van der Waals surface area contributed by atoms with Crippen LogP contribution in [0.3, 0.4) is 0 Å². The van der Waals surface area contributed by atoms with Crippen LogP contribution < -0.4 is 0 Å². The van der Waals surface area contributed by atoms with Crippen molar-refractivity contribution in [1.82, 2.24) is 0 Å². The average molecular weight is 261 g/mol. The van der Waals surface area contributed by atoms with Crippen LogP contribution in [0.2, 0.25) is 5.02 Å². The normalized spacial score (nSPS) is 10.8. The zero-order valence-corrected chi connectivity index (χ0v) is 10.2. The Hall–Kier alpha value is -1.93. The number of hydrogen-bond donors (Lipinski definition) is 0. The van der Waals surface area contributed by atoms with E-state index in [9.17, 15) is 9.18 Å². The lowest BCUT2D eigenvalue weighted by Crippen LogP contribution is -1.93. The molecule has 0 unspecified atom stereocenters. The van der Waals surface area contributed by atoms with Crippen LogP contribution in [0.1, 0.15) is 15.9 Å². The molecule has 0 saturated carbocycles. The zero-order chi connectivity index (χ0) is 13.0. The maximum atomic E-state index is 12.7. The molecule has 1 nitrogen and oxygen atoms in total. The van der Waals surface area contributed by atoms with E-state index in [2.05, 4.69) is 0 Å². The Bertz CT molecular complexity index is 588. The number of benzene rings is 2. The molecule has 0 saturated heterocycles. The summed E-state index contributed by atoms with van der Waals surface area (Å²) in [5.74, 6) is -0.545. The molecular formula is C15H10ClFO. The van der Waals surface area contributed by atoms with Crippen LogP contribution in [0, 0.1) is 5.82 Å². The predicted octanol–water partition coefficient (Wildman–Crippen LogP) is 4.38. The van der Waals surface area contributed by atoms with Crippen LogP contribution in [-0.2, 0) is 0 Å². The minimum Gasteiger partial charge on any atom is -0.289 e. The van der Waals surface area contributed by atoms with Crippen molar-refractivity contribution in [3.8, 4) is 0 Å². The van der Waals surface area contributed by atoms with Crippen LogP contribution in [0.25, 0.3) is 6.08 Å². The number of carbonyl (C=O) groups is 1. The first kappa shape index (κ1) is 12.5. The summed E-state index contributed by atoms with van der Waals surface area (Å²) >= 11 is 5.96. The van der Waals surface area contributed by atoms with Gasteiger partial charge in [0.15, 0.2) is 5.78 Å². The van der Waals surface area contributed by atoms with Gasteiger partial charge in [-0.1, -0.05) is 29.8 Å². The van der Waals surface area contributed by atoms with Gasteiger partial charge in [0, 0.05) is 10.6 Å². The highest BCUT2D eigenvalue weighted by atomic mass is 35.5. The Morgan fingerprint density at radius 3 is 2.39 bits per heavy atom. The Balaban J connectivity index is 2.17. The summed E-state index contributed by atoms with van der Waals surface area (Å²) in [7, 11) is 0. The molecule has 0 heterocycles. The summed E-state index contributed by atoms with van der Waals surface area (Å²) in [5.41, 5.74) is 1.22. The monoisotopic (exact) mass is 260 g/mol. The lowest BCUT2D eigenvalue weighted by molar-refractivity contribution is 0.104. The first-order chi connectivity index (χ1) is 8.66. The van der Waals surface area contributed by atoms with Crippen LogP contribution in [0.4, 0.5) is 4.39 Å². The first-order valence-electron chi connectivity index (χ1n) is 5.39. The van der Waals surface area contributed by atoms with Gasteiger partial charge in [-0.15, -0.1) is 0 Å². The summed E-state index contributed by atoms with van der Waals surface area (Å²) in [6.07, 6.45) is 3.07. The number of carbonyl (C=O) groups excluding carboxylic acids is 1. The lowest BCUT2D eigenvalue weighted by Gasteiger charge is -1.97. The summed E-state index contributed by atoms with van der Waals surface area (Å²) in [5, 5.41) is 0.584. The van der Waals surface area contributed by atoms with E-state index in [4.69, 9.17) is 11.6 Å². The Morgan fingerprint density at radius 2 is 1.72 bits per heavy atom. The smallest absolute Gasteiger partial charge is 0.185 e. The van der Waals surface area contributed by atoms with Crippen molar-refractivity contribution in [3.05, 3.63) is 76.6 Å². The minimum atomic E-state index is -0.360. The molecule has 18 heavy (non-hydrogen) atoms. The molecule has 0 aromatic heterocycles. The molecule has 0 spiro atoms. The van der Waals surface area contributed by atoms with Gasteiger partial charge in [-0.25, -0.2) is 4.39 Å². The third kappa shape index (κ3) is 3.05. The van der Waals surface area contributed by atoms with Crippen LogP contribution in [-0.4, -0.2) is 5.78 Å². The third-order valence-corrected chi connectivity index (χ3v) is 2.79. The minimum absolute atomic E-state index is 0.185. The third-order valence-electron chi connectivity index (χ3n) is 2.45. The maximum Gasteiger partial charge on any atom is 0.185 e. The number of rotatable bonds is 3. The molecule has 0 bridgehead atoms. The molecule has 0 radical (unpaired) electrons. The molecule has 0 aliphatic carbocycles. The molecule has 0 N–H and O–H groups in total. The van der Waals surface area contributed by atoms with Gasteiger partial charge in [0.05, 0.1) is 0 Å². The highest BCUT2D eigenvalue weighted by molar-refractivity contribution is 6.32. The van der Waals surface area contributed by atoms with Gasteiger partial charge in [0.1, 0.15) is 5.82 Å². The molecule has 0 aliphatic rings. The molecule has 0 amide bonds. The highest BCUT2D eigenvalue weighted by Gasteiger charge is 2.02. The lowest BCUT2D eigenvalue weighted by atomic mass is 10.1. The molecule has 2 aromatic carbocycles. The second-order valence-corrected chi connectivity index (χ2v) is 4.13. The summed E-state index contributed by atoms with van der Waals surface area (Å²) < 4.78 is 12.7. The van der Waals surface area contributed by atoms with E-state index in [1.54, 1.807) is 12.1 Å². The van der Waals surface area contributed by atoms with Crippen molar-refractivity contribution in [2.45, 2.75) is 0 Å². The fraction of sp³-hybridized carbons (Fsp3) is 0. The molecule has 0 aliphatic heterocycles. The van der Waals surface area contributed by atoms with Crippen molar-refractivity contribution >= 4 is 23.5 Å². The fourth-order valence-electron chi connectivity index (χ4n) is 1.49. The van der Waals surface area contributed by atoms with Crippen molar-refractivity contribution in [3.63, 3.8) is 0 Å². The molecule has 0 atom stereocenters. The predicted molar refractivity (Wildman–Crippen MR) is 71.2 cm³/mol. The van der Waals surface area contributed by atoms with Crippen molar-refractivity contribution in [2.75, 3.05) is 0 Å². The molecular weight excluding hydrogens is 251 g/mol. The van der Waals surface area contributed by atoms with E-state index in [-0.39, 0.29) is 11.6 Å². The molecule has 2 rings (SSSR count). The molecule has 90 valence electrons. The quantitative estimate of drug-likeness (QED) is 0.591. The maximum absolute atomic E-state index is 12.7. The number of ketones is 1. The molecule has 2 aromatic rings. The topological polar surface area (TPSA) is 17.1 Å². The van der Waals surface area contributed by atoms with E-state index >= 15 is 0 Å². The summed E-state index contributed by atoms with van der Waals surface area (Å²) in [4.78, 5) is 11.8. The van der Waals surface area contributed by atoms with Crippen molar-refractivity contribution in [1.29, 1.82) is 0 Å². The van der Waals surface area contributed by atoms with Gasteiger partial charge in [-0.3, -0.25) is 4.79 Å². The zero-order valence-electron chi connectivity index (χ0n) is 9.44. The van der Waals surface area contributed by atoms with Gasteiger partial charge < -0.3 is 0 Å². The summed E-state index contributed by atoms with van der Waals surface area (Å²) in [6.45, 7) is 0. The second-order valence-electron chi connectivity index (χ2n) is 3.73. The largest absolute Gasteiger partial charge is 0.289 e. The molecule has 3 heteroatoms. The van der Waals surface area contributed by atoms with Crippen LogP contribution in [0.15, 0.2) is 54.6 Å². The van der Waals surface area contributed by atoms with Gasteiger partial charge in [0.2, 0.25) is 0 Å². The van der Waals surface area contributed by atoms with Crippen LogP contribution >= 0.6 is 11.6 Å². The Labute approximate surface area is 110 Å². The SMILES string of the molecule is O=C(/C=C/c1ccccc1Cl)c1ccc(F)cc1. The second kappa shape index (κ2) is 5.61. The van der Waals surface area contributed by atoms with E-state index < -0.39 is 0 Å². The number of halogens is 2. The fourth-order valence-corrected chi connectivity index (χ4v) is 1.68. The molecule has 0 fully saturated rings. The highest BCUT2D eigenvalue weighted by Crippen LogP contribution is 2.16. The van der Waals surface area contributed by atoms with E-state index in [1.165, 1.54) is 30.3 Å². The van der Waals surface area contributed by atoms with Crippen molar-refractivity contribution < 1.29 is 9.18 Å². The van der Waals surface area contributed by atoms with E-state index in [0.717, 1.165) is 5.56 Å². The Morgan fingerprint density at radius 1 is 1.06 bits per heavy atom. The van der Waals surface area contributed by atoms with Gasteiger partial charge in [-0.2, -0.15) is 0 Å². The van der Waals surface area contributed by atoms with E-state index in [1.807, 2.05) is 18.2 Å². The van der Waals surface area contributed by atoms with Crippen LogP contribution in [0.5, 0.6) is 0 Å². The average Bonchev–Trinajstić information content (AvgIpc) is 2.38. The first-order valence-corrected chi connectivity index (χ1v) is 5.77. The van der Waals surface area contributed by atoms with Gasteiger partial charge in [-0.05, 0) is 48.0 Å². The number of allylic oxidation sites excluding steroid dienone is 1. The standard InChI is InChI=1S/C15H10ClFO/c16-14-4-2-1-3-11(14)7-10-15(18)12-5-8-13(17)9-6-12/h1-10H/b10-7+. The van der Waals surface area contributed by atoms with Crippen molar-refractivity contribution in [2.24, 2.45) is 0 Å². The summed E-state index contributed by atoms with van der Waals surface area (Å²) in [6, 6.07) is 12.7. The van der Waals surface area contributed by atoms with E-state index in [0.29, 0.717) is 10.6 Å². The Kier molecular flexibility index (Phi) is 3.90. The number of hydrogen-bond acceptors (Lipinski definition) is 1.